The van der Waals surface area contributed by atoms with E-state index in [1.165, 1.54) is 0 Å². The summed E-state index contributed by atoms with van der Waals surface area (Å²) in [6, 6.07) is 1.77. The van der Waals surface area contributed by atoms with E-state index in [4.69, 9.17) is 4.74 Å². The van der Waals surface area contributed by atoms with E-state index in [9.17, 15) is 18.0 Å². The molecule has 0 aliphatic heterocycles. The average molecular weight is 292 g/mol. The Labute approximate surface area is 115 Å². The van der Waals surface area contributed by atoms with Crippen LogP contribution in [0.4, 0.5) is 13.2 Å². The van der Waals surface area contributed by atoms with Crippen LogP contribution in [-0.4, -0.2) is 31.4 Å². The largest absolute Gasteiger partial charge is 0.417 e. The predicted octanol–water partition coefficient (Wildman–Crippen LogP) is 1.88. The van der Waals surface area contributed by atoms with Crippen LogP contribution < -0.4 is 10.9 Å². The molecule has 0 aliphatic rings. The van der Waals surface area contributed by atoms with Crippen LogP contribution in [0.1, 0.15) is 18.4 Å². The van der Waals surface area contributed by atoms with Crippen molar-refractivity contribution in [2.24, 2.45) is 0 Å². The Morgan fingerprint density at radius 1 is 1.25 bits per heavy atom. The molecule has 0 radical (unpaired) electrons. The molecule has 20 heavy (non-hydrogen) atoms. The number of hydrogen-bond acceptors (Lipinski definition) is 3. The Bertz CT molecular complexity index is 458. The second kappa shape index (κ2) is 8.06. The lowest BCUT2D eigenvalue weighted by molar-refractivity contribution is -0.138. The van der Waals surface area contributed by atoms with Crippen LogP contribution in [0, 0.1) is 0 Å². The van der Waals surface area contributed by atoms with Crippen molar-refractivity contribution in [1.29, 1.82) is 0 Å². The molecular formula is C13H19F3N2O2. The van der Waals surface area contributed by atoms with Crippen LogP contribution in [0.25, 0.3) is 0 Å². The van der Waals surface area contributed by atoms with E-state index in [0.717, 1.165) is 42.4 Å². The van der Waals surface area contributed by atoms with Crippen LogP contribution in [-0.2, 0) is 17.5 Å². The van der Waals surface area contributed by atoms with Crippen molar-refractivity contribution in [2.75, 3.05) is 26.8 Å². The Hall–Kier alpha value is -1.34. The van der Waals surface area contributed by atoms with Gasteiger partial charge in [-0.05, 0) is 25.5 Å². The molecule has 0 unspecified atom stereocenters. The minimum atomic E-state index is -4.42. The molecule has 1 heterocycles. The number of alkyl halides is 3. The van der Waals surface area contributed by atoms with Crippen LogP contribution in [0.3, 0.4) is 0 Å². The molecule has 0 fully saturated rings. The van der Waals surface area contributed by atoms with Crippen molar-refractivity contribution in [3.63, 3.8) is 0 Å². The Morgan fingerprint density at radius 3 is 2.65 bits per heavy atom. The highest BCUT2D eigenvalue weighted by Crippen LogP contribution is 2.27. The first-order valence-electron chi connectivity index (χ1n) is 6.42. The van der Waals surface area contributed by atoms with Gasteiger partial charge in [0.25, 0.3) is 5.56 Å². The van der Waals surface area contributed by atoms with Crippen molar-refractivity contribution in [2.45, 2.75) is 25.6 Å². The number of hydrogen-bond donors (Lipinski definition) is 1. The van der Waals surface area contributed by atoms with Crippen molar-refractivity contribution in [1.82, 2.24) is 9.88 Å². The number of halogens is 3. The second-order valence-electron chi connectivity index (χ2n) is 4.40. The summed E-state index contributed by atoms with van der Waals surface area (Å²) in [6.45, 7) is 2.39. The van der Waals surface area contributed by atoms with Gasteiger partial charge in [-0.15, -0.1) is 0 Å². The highest BCUT2D eigenvalue weighted by molar-refractivity contribution is 5.13. The minimum absolute atomic E-state index is 0.286. The molecule has 1 aromatic rings. The van der Waals surface area contributed by atoms with Crippen molar-refractivity contribution in [3.05, 3.63) is 34.2 Å². The third kappa shape index (κ3) is 5.75. The quantitative estimate of drug-likeness (QED) is 0.744. The van der Waals surface area contributed by atoms with Gasteiger partial charge in [-0.1, -0.05) is 0 Å². The number of unbranched alkanes of at least 4 members (excludes halogenated alkanes) is 1. The number of aromatic nitrogens is 1. The third-order valence-corrected chi connectivity index (χ3v) is 2.80. The van der Waals surface area contributed by atoms with E-state index in [-0.39, 0.29) is 6.54 Å². The van der Waals surface area contributed by atoms with E-state index in [1.54, 1.807) is 7.11 Å². The molecule has 114 valence electrons. The molecule has 1 rings (SSSR count). The van der Waals surface area contributed by atoms with Gasteiger partial charge in [0, 0.05) is 32.5 Å². The van der Waals surface area contributed by atoms with Gasteiger partial charge in [0.05, 0.1) is 12.2 Å². The maximum Gasteiger partial charge on any atom is 0.417 e. The molecule has 0 aromatic carbocycles. The normalized spacial score (nSPS) is 11.8. The summed E-state index contributed by atoms with van der Waals surface area (Å²) >= 11 is 0. The zero-order chi connectivity index (χ0) is 15.0. The number of rotatable bonds is 8. The van der Waals surface area contributed by atoms with Gasteiger partial charge in [0.1, 0.15) is 0 Å². The summed E-state index contributed by atoms with van der Waals surface area (Å²) in [4.78, 5) is 11.5. The van der Waals surface area contributed by atoms with Crippen molar-refractivity contribution >= 4 is 0 Å². The predicted molar refractivity (Wildman–Crippen MR) is 69.7 cm³/mol. The maximum atomic E-state index is 12.5. The zero-order valence-electron chi connectivity index (χ0n) is 11.4. The minimum Gasteiger partial charge on any atom is -0.383 e. The SMILES string of the molecule is COCCNCCCCn1cc(C(F)(F)F)ccc1=O. The summed E-state index contributed by atoms with van der Waals surface area (Å²) in [6.07, 6.45) is -2.12. The second-order valence-corrected chi connectivity index (χ2v) is 4.40. The Kier molecular flexibility index (Phi) is 6.74. The lowest BCUT2D eigenvalue weighted by atomic mass is 10.2. The number of methoxy groups -OCH3 is 1. The zero-order valence-corrected chi connectivity index (χ0v) is 11.4. The third-order valence-electron chi connectivity index (χ3n) is 2.80. The number of aryl methyl sites for hydroxylation is 1. The molecule has 0 amide bonds. The fraction of sp³-hybridized carbons (Fsp3) is 0.615. The van der Waals surface area contributed by atoms with Gasteiger partial charge >= 0.3 is 6.18 Å². The topological polar surface area (TPSA) is 43.3 Å². The first kappa shape index (κ1) is 16.7. The summed E-state index contributed by atoms with van der Waals surface area (Å²) < 4.78 is 43.5. The van der Waals surface area contributed by atoms with Gasteiger partial charge in [-0.3, -0.25) is 4.79 Å². The Morgan fingerprint density at radius 2 is 2.00 bits per heavy atom. The number of pyridine rings is 1. The average Bonchev–Trinajstić information content (AvgIpc) is 2.38. The van der Waals surface area contributed by atoms with E-state index < -0.39 is 17.3 Å². The molecule has 1 aromatic heterocycles. The summed E-state index contributed by atoms with van der Waals surface area (Å²) in [7, 11) is 1.61. The van der Waals surface area contributed by atoms with Gasteiger partial charge in [-0.25, -0.2) is 0 Å². The lowest BCUT2D eigenvalue weighted by Gasteiger charge is -2.10. The number of nitrogens with one attached hydrogen (secondary N) is 1. The number of nitrogens with zero attached hydrogens (tertiary/aromatic N) is 1. The number of ether oxygens (including phenoxy) is 1. The first-order chi connectivity index (χ1) is 9.45. The monoisotopic (exact) mass is 292 g/mol. The van der Waals surface area contributed by atoms with Gasteiger partial charge in [0.2, 0.25) is 0 Å². The molecule has 0 saturated heterocycles. The maximum absolute atomic E-state index is 12.5. The van der Waals surface area contributed by atoms with Crippen LogP contribution >= 0.6 is 0 Å². The van der Waals surface area contributed by atoms with Crippen molar-refractivity contribution < 1.29 is 17.9 Å². The lowest BCUT2D eigenvalue weighted by Crippen LogP contribution is -2.23. The highest BCUT2D eigenvalue weighted by Gasteiger charge is 2.30. The molecule has 0 aliphatic carbocycles. The van der Waals surface area contributed by atoms with Crippen LogP contribution in [0.15, 0.2) is 23.1 Å². The molecule has 0 atom stereocenters. The van der Waals surface area contributed by atoms with Crippen molar-refractivity contribution in [3.8, 4) is 0 Å². The van der Waals surface area contributed by atoms with Gasteiger partial charge in [-0.2, -0.15) is 13.2 Å². The molecular weight excluding hydrogens is 273 g/mol. The van der Waals surface area contributed by atoms with Gasteiger partial charge < -0.3 is 14.6 Å². The standard InChI is InChI=1S/C13H19F3N2O2/c1-20-9-7-17-6-2-3-8-18-10-11(13(14,15)16)4-5-12(18)19/h4-5,10,17H,2-3,6-9H2,1H3. The molecule has 0 spiro atoms. The molecule has 7 heteroatoms. The fourth-order valence-electron chi connectivity index (χ4n) is 1.71. The van der Waals surface area contributed by atoms with E-state index in [0.29, 0.717) is 13.0 Å². The summed E-state index contributed by atoms with van der Waals surface area (Å²) in [5.41, 5.74) is -1.21. The van der Waals surface area contributed by atoms with Crippen LogP contribution in [0.2, 0.25) is 0 Å². The highest BCUT2D eigenvalue weighted by atomic mass is 19.4. The molecule has 0 saturated carbocycles. The van der Waals surface area contributed by atoms with Crippen LogP contribution in [0.5, 0.6) is 0 Å². The van der Waals surface area contributed by atoms with E-state index >= 15 is 0 Å². The summed E-state index contributed by atoms with van der Waals surface area (Å²) in [5.74, 6) is 0. The first-order valence-corrected chi connectivity index (χ1v) is 6.42. The molecule has 0 bridgehead atoms. The van der Waals surface area contributed by atoms with Gasteiger partial charge in [0.15, 0.2) is 0 Å². The fourth-order valence-corrected chi connectivity index (χ4v) is 1.71. The van der Waals surface area contributed by atoms with E-state index in [1.807, 2.05) is 0 Å². The summed E-state index contributed by atoms with van der Waals surface area (Å²) in [5, 5.41) is 3.13. The molecule has 4 nitrogen and oxygen atoms in total. The molecule has 1 N–H and O–H groups in total. The van der Waals surface area contributed by atoms with E-state index in [2.05, 4.69) is 5.32 Å². The Balaban J connectivity index is 2.42. The smallest absolute Gasteiger partial charge is 0.383 e.